The molecule has 0 amide bonds. The van der Waals surface area contributed by atoms with Gasteiger partial charge in [-0.3, -0.25) is 9.97 Å². The summed E-state index contributed by atoms with van der Waals surface area (Å²) in [6.45, 7) is 3.15. The van der Waals surface area contributed by atoms with Gasteiger partial charge in [-0.15, -0.1) is 0 Å². The molecule has 0 fully saturated rings. The molecule has 0 aliphatic heterocycles. The van der Waals surface area contributed by atoms with Gasteiger partial charge in [-0.1, -0.05) is 6.92 Å². The van der Waals surface area contributed by atoms with E-state index in [0.29, 0.717) is 0 Å². The number of hydrogen-bond donors (Lipinski definition) is 1. The fourth-order valence-corrected chi connectivity index (χ4v) is 1.91. The normalized spacial score (nSPS) is 12.5. The first-order valence-corrected chi connectivity index (χ1v) is 6.42. The van der Waals surface area contributed by atoms with Gasteiger partial charge in [0.15, 0.2) is 0 Å². The summed E-state index contributed by atoms with van der Waals surface area (Å²) in [5.74, 6) is 1.02. The molecule has 2 rings (SSSR count). The van der Waals surface area contributed by atoms with Crippen LogP contribution in [-0.4, -0.2) is 16.5 Å². The van der Waals surface area contributed by atoms with E-state index in [1.807, 2.05) is 18.3 Å². The van der Waals surface area contributed by atoms with Crippen molar-refractivity contribution >= 4 is 0 Å². The number of nitrogens with one attached hydrogen (secondary N) is 1. The van der Waals surface area contributed by atoms with Crippen LogP contribution in [0.3, 0.4) is 0 Å². The number of aromatic nitrogens is 2. The molecule has 2 aromatic rings. The van der Waals surface area contributed by atoms with Crippen LogP contribution in [0.1, 0.15) is 37.3 Å². The maximum absolute atomic E-state index is 5.36. The van der Waals surface area contributed by atoms with E-state index in [1.54, 1.807) is 18.7 Å². The molecule has 18 heavy (non-hydrogen) atoms. The molecule has 96 valence electrons. The first-order valence-electron chi connectivity index (χ1n) is 6.42. The first-order chi connectivity index (χ1) is 8.90. The summed E-state index contributed by atoms with van der Waals surface area (Å²) in [6.07, 6.45) is 9.96. The third kappa shape index (κ3) is 3.67. The Balaban J connectivity index is 1.96. The number of hydrogen-bond acceptors (Lipinski definition) is 4. The standard InChI is InChI=1S/C14H19N3O/c1-2-7-16-13(14-11-15-8-9-17-14)6-5-12-4-3-10-18-12/h3-4,8-11,13,16H,2,5-7H2,1H3. The minimum absolute atomic E-state index is 0.240. The summed E-state index contributed by atoms with van der Waals surface area (Å²) < 4.78 is 5.36. The van der Waals surface area contributed by atoms with Gasteiger partial charge < -0.3 is 9.73 Å². The van der Waals surface area contributed by atoms with E-state index >= 15 is 0 Å². The lowest BCUT2D eigenvalue weighted by molar-refractivity contribution is 0.446. The molecule has 0 saturated carbocycles. The van der Waals surface area contributed by atoms with Gasteiger partial charge >= 0.3 is 0 Å². The maximum atomic E-state index is 5.36. The zero-order valence-electron chi connectivity index (χ0n) is 10.7. The van der Waals surface area contributed by atoms with E-state index in [-0.39, 0.29) is 6.04 Å². The van der Waals surface area contributed by atoms with Crippen molar-refractivity contribution in [2.24, 2.45) is 0 Å². The smallest absolute Gasteiger partial charge is 0.103 e. The summed E-state index contributed by atoms with van der Waals surface area (Å²) in [4.78, 5) is 8.51. The topological polar surface area (TPSA) is 51.0 Å². The second kappa shape index (κ2) is 6.91. The molecule has 0 radical (unpaired) electrons. The molecule has 4 heteroatoms. The van der Waals surface area contributed by atoms with Crippen molar-refractivity contribution in [2.45, 2.75) is 32.2 Å². The Morgan fingerprint density at radius 3 is 3.00 bits per heavy atom. The summed E-state index contributed by atoms with van der Waals surface area (Å²) >= 11 is 0. The monoisotopic (exact) mass is 245 g/mol. The minimum Gasteiger partial charge on any atom is -0.469 e. The van der Waals surface area contributed by atoms with E-state index < -0.39 is 0 Å². The molecule has 0 aliphatic carbocycles. The Bertz CT molecular complexity index is 428. The highest BCUT2D eigenvalue weighted by Gasteiger charge is 2.12. The van der Waals surface area contributed by atoms with Crippen molar-refractivity contribution in [3.8, 4) is 0 Å². The van der Waals surface area contributed by atoms with Gasteiger partial charge in [0.2, 0.25) is 0 Å². The summed E-state index contributed by atoms with van der Waals surface area (Å²) in [5.41, 5.74) is 0.998. The van der Waals surface area contributed by atoms with Crippen molar-refractivity contribution in [2.75, 3.05) is 6.54 Å². The van der Waals surface area contributed by atoms with Crippen LogP contribution in [-0.2, 0) is 6.42 Å². The van der Waals surface area contributed by atoms with E-state index in [4.69, 9.17) is 4.42 Å². The molecule has 1 unspecified atom stereocenters. The van der Waals surface area contributed by atoms with Crippen molar-refractivity contribution in [3.05, 3.63) is 48.4 Å². The molecule has 2 aromatic heterocycles. The number of nitrogens with zero attached hydrogens (tertiary/aromatic N) is 2. The quantitative estimate of drug-likeness (QED) is 0.815. The molecule has 0 spiro atoms. The molecule has 2 heterocycles. The number of furan rings is 1. The van der Waals surface area contributed by atoms with E-state index in [0.717, 1.165) is 37.3 Å². The number of rotatable bonds is 7. The predicted octanol–water partition coefficient (Wildman–Crippen LogP) is 2.74. The maximum Gasteiger partial charge on any atom is 0.103 e. The molecular weight excluding hydrogens is 226 g/mol. The van der Waals surface area contributed by atoms with Crippen LogP contribution in [0.4, 0.5) is 0 Å². The van der Waals surface area contributed by atoms with Crippen LogP contribution in [0.25, 0.3) is 0 Å². The lowest BCUT2D eigenvalue weighted by atomic mass is 10.1. The molecule has 1 N–H and O–H groups in total. The SMILES string of the molecule is CCCNC(CCc1ccco1)c1cnccn1. The van der Waals surface area contributed by atoms with Crippen molar-refractivity contribution in [3.63, 3.8) is 0 Å². The van der Waals surface area contributed by atoms with Crippen LogP contribution >= 0.6 is 0 Å². The highest BCUT2D eigenvalue weighted by atomic mass is 16.3. The first kappa shape index (κ1) is 12.8. The second-order valence-corrected chi connectivity index (χ2v) is 4.26. The molecule has 0 aromatic carbocycles. The van der Waals surface area contributed by atoms with E-state index in [1.165, 1.54) is 0 Å². The van der Waals surface area contributed by atoms with E-state index in [9.17, 15) is 0 Å². The minimum atomic E-state index is 0.240. The number of aryl methyl sites for hydroxylation is 1. The Morgan fingerprint density at radius 1 is 1.39 bits per heavy atom. The Hall–Kier alpha value is -1.68. The van der Waals surface area contributed by atoms with Crippen molar-refractivity contribution < 1.29 is 4.42 Å². The molecule has 0 saturated heterocycles. The van der Waals surface area contributed by atoms with Crippen LogP contribution in [0.15, 0.2) is 41.4 Å². The fourth-order valence-electron chi connectivity index (χ4n) is 1.91. The van der Waals surface area contributed by atoms with Crippen LogP contribution < -0.4 is 5.32 Å². The van der Waals surface area contributed by atoms with Gasteiger partial charge in [-0.25, -0.2) is 0 Å². The van der Waals surface area contributed by atoms with Gasteiger partial charge in [0, 0.05) is 25.0 Å². The Labute approximate surface area is 107 Å². The lowest BCUT2D eigenvalue weighted by Gasteiger charge is -2.16. The Kier molecular flexibility index (Phi) is 4.90. The van der Waals surface area contributed by atoms with Crippen molar-refractivity contribution in [1.82, 2.24) is 15.3 Å². The molecule has 0 aliphatic rings. The predicted molar refractivity (Wildman–Crippen MR) is 70.1 cm³/mol. The third-order valence-electron chi connectivity index (χ3n) is 2.84. The van der Waals surface area contributed by atoms with Crippen molar-refractivity contribution in [1.29, 1.82) is 0 Å². The highest BCUT2D eigenvalue weighted by Crippen LogP contribution is 2.16. The van der Waals surface area contributed by atoms with Gasteiger partial charge in [0.05, 0.1) is 18.0 Å². The summed E-state index contributed by atoms with van der Waals surface area (Å²) in [7, 11) is 0. The van der Waals surface area contributed by atoms with Gasteiger partial charge in [-0.05, 0) is 31.5 Å². The zero-order valence-corrected chi connectivity index (χ0v) is 10.7. The zero-order chi connectivity index (χ0) is 12.6. The average Bonchev–Trinajstić information content (AvgIpc) is 2.93. The molecule has 1 atom stereocenters. The fraction of sp³-hybridized carbons (Fsp3) is 0.429. The summed E-state index contributed by atoms with van der Waals surface area (Å²) in [5, 5.41) is 3.50. The largest absolute Gasteiger partial charge is 0.469 e. The third-order valence-corrected chi connectivity index (χ3v) is 2.84. The van der Waals surface area contributed by atoms with Crippen LogP contribution in [0, 0.1) is 0 Å². The highest BCUT2D eigenvalue weighted by molar-refractivity contribution is 5.05. The molecule has 0 bridgehead atoms. The van der Waals surface area contributed by atoms with E-state index in [2.05, 4.69) is 22.2 Å². The Morgan fingerprint density at radius 2 is 2.33 bits per heavy atom. The molecular formula is C14H19N3O. The van der Waals surface area contributed by atoms with Gasteiger partial charge in [-0.2, -0.15) is 0 Å². The average molecular weight is 245 g/mol. The summed E-state index contributed by atoms with van der Waals surface area (Å²) in [6, 6.07) is 4.17. The molecule has 4 nitrogen and oxygen atoms in total. The van der Waals surface area contributed by atoms with Crippen LogP contribution in [0.5, 0.6) is 0 Å². The van der Waals surface area contributed by atoms with Crippen LogP contribution in [0.2, 0.25) is 0 Å². The second-order valence-electron chi connectivity index (χ2n) is 4.26. The van der Waals surface area contributed by atoms with Gasteiger partial charge in [0.25, 0.3) is 0 Å². The van der Waals surface area contributed by atoms with Gasteiger partial charge in [0.1, 0.15) is 5.76 Å². The lowest BCUT2D eigenvalue weighted by Crippen LogP contribution is -2.23.